The quantitative estimate of drug-likeness (QED) is 0.586. The lowest BCUT2D eigenvalue weighted by molar-refractivity contribution is 0.0956. The van der Waals surface area contributed by atoms with E-state index in [1.807, 2.05) is 69.3 Å². The third-order valence-electron chi connectivity index (χ3n) is 3.88. The molecule has 1 heterocycles. The van der Waals surface area contributed by atoms with Crippen LogP contribution < -0.4 is 5.43 Å². The fourth-order valence-electron chi connectivity index (χ4n) is 2.55. The Labute approximate surface area is 141 Å². The molecular formula is C20H19N3O. The second-order valence-corrected chi connectivity index (χ2v) is 5.83. The monoisotopic (exact) mass is 317 g/mol. The summed E-state index contributed by atoms with van der Waals surface area (Å²) in [5.41, 5.74) is 7.78. The molecule has 0 radical (unpaired) electrons. The van der Waals surface area contributed by atoms with Crippen LogP contribution in [-0.2, 0) is 0 Å². The molecule has 0 aliphatic heterocycles. The standard InChI is InChI=1S/C20H19N3O/c1-13-8-10-16(11-9-13)15(3)22-23-20(24)18-12-14(2)21-19-7-5-4-6-17(18)19/h4-12H,1-3H3,(H,23,24)/b22-15-. The lowest BCUT2D eigenvalue weighted by Crippen LogP contribution is -2.20. The molecule has 1 aromatic heterocycles. The maximum Gasteiger partial charge on any atom is 0.272 e. The molecule has 0 aliphatic rings. The van der Waals surface area contributed by atoms with Crippen LogP contribution in [0.5, 0.6) is 0 Å². The van der Waals surface area contributed by atoms with Crippen molar-refractivity contribution in [2.75, 3.05) is 0 Å². The van der Waals surface area contributed by atoms with Gasteiger partial charge in [-0.15, -0.1) is 0 Å². The summed E-state index contributed by atoms with van der Waals surface area (Å²) in [7, 11) is 0. The fourth-order valence-corrected chi connectivity index (χ4v) is 2.55. The number of rotatable bonds is 3. The maximum absolute atomic E-state index is 12.6. The molecule has 0 aliphatic carbocycles. The number of para-hydroxylation sites is 1. The maximum atomic E-state index is 12.6. The number of hydrogen-bond acceptors (Lipinski definition) is 3. The van der Waals surface area contributed by atoms with Crippen LogP contribution in [0, 0.1) is 13.8 Å². The SMILES string of the molecule is C/C(=N/NC(=O)c1cc(C)nc2ccccc12)c1ccc(C)cc1. The van der Waals surface area contributed by atoms with Crippen LogP contribution in [-0.4, -0.2) is 16.6 Å². The highest BCUT2D eigenvalue weighted by Crippen LogP contribution is 2.18. The Morgan fingerprint density at radius 1 is 1.04 bits per heavy atom. The van der Waals surface area contributed by atoms with Crippen molar-refractivity contribution < 1.29 is 4.79 Å². The molecule has 3 aromatic rings. The highest BCUT2D eigenvalue weighted by atomic mass is 16.2. The summed E-state index contributed by atoms with van der Waals surface area (Å²) in [6.07, 6.45) is 0. The predicted molar refractivity (Wildman–Crippen MR) is 97.3 cm³/mol. The van der Waals surface area contributed by atoms with E-state index >= 15 is 0 Å². The topological polar surface area (TPSA) is 54.4 Å². The van der Waals surface area contributed by atoms with Crippen molar-refractivity contribution in [2.24, 2.45) is 5.10 Å². The second kappa shape index (κ2) is 6.62. The summed E-state index contributed by atoms with van der Waals surface area (Å²) >= 11 is 0. The van der Waals surface area contributed by atoms with E-state index in [-0.39, 0.29) is 5.91 Å². The summed E-state index contributed by atoms with van der Waals surface area (Å²) in [6.45, 7) is 5.79. The number of aromatic nitrogens is 1. The Kier molecular flexibility index (Phi) is 4.38. The lowest BCUT2D eigenvalue weighted by Gasteiger charge is -2.07. The number of benzene rings is 2. The number of hydrazone groups is 1. The number of hydrogen-bond donors (Lipinski definition) is 1. The summed E-state index contributed by atoms with van der Waals surface area (Å²) in [5.74, 6) is -0.233. The van der Waals surface area contributed by atoms with E-state index in [9.17, 15) is 4.79 Å². The molecular weight excluding hydrogens is 298 g/mol. The number of nitrogens with one attached hydrogen (secondary N) is 1. The number of carbonyl (C=O) groups excluding carboxylic acids is 1. The summed E-state index contributed by atoms with van der Waals surface area (Å²) < 4.78 is 0. The molecule has 0 atom stereocenters. The zero-order valence-electron chi connectivity index (χ0n) is 14.0. The van der Waals surface area contributed by atoms with Gasteiger partial charge in [-0.25, -0.2) is 5.43 Å². The van der Waals surface area contributed by atoms with Crippen molar-refractivity contribution in [2.45, 2.75) is 20.8 Å². The molecule has 4 heteroatoms. The van der Waals surface area contributed by atoms with Crippen LogP contribution >= 0.6 is 0 Å². The van der Waals surface area contributed by atoms with E-state index < -0.39 is 0 Å². The van der Waals surface area contributed by atoms with Crippen LogP contribution in [0.4, 0.5) is 0 Å². The Hall–Kier alpha value is -3.01. The van der Waals surface area contributed by atoms with E-state index in [1.165, 1.54) is 5.56 Å². The first-order valence-corrected chi connectivity index (χ1v) is 7.82. The second-order valence-electron chi connectivity index (χ2n) is 5.83. The van der Waals surface area contributed by atoms with Crippen LogP contribution in [0.15, 0.2) is 59.7 Å². The number of pyridine rings is 1. The molecule has 3 rings (SSSR count). The highest BCUT2D eigenvalue weighted by Gasteiger charge is 2.11. The van der Waals surface area contributed by atoms with Crippen LogP contribution in [0.25, 0.3) is 10.9 Å². The first-order chi connectivity index (χ1) is 11.5. The minimum absolute atomic E-state index is 0.233. The molecule has 4 nitrogen and oxygen atoms in total. The number of carbonyl (C=O) groups is 1. The van der Waals surface area contributed by atoms with Gasteiger partial charge < -0.3 is 0 Å². The van der Waals surface area contributed by atoms with Gasteiger partial charge in [0.2, 0.25) is 0 Å². The first-order valence-electron chi connectivity index (χ1n) is 7.82. The third kappa shape index (κ3) is 3.33. The minimum atomic E-state index is -0.233. The van der Waals surface area contributed by atoms with E-state index in [0.717, 1.165) is 27.9 Å². The first kappa shape index (κ1) is 15.9. The smallest absolute Gasteiger partial charge is 0.267 e. The summed E-state index contributed by atoms with van der Waals surface area (Å²) in [6, 6.07) is 17.4. The average molecular weight is 317 g/mol. The largest absolute Gasteiger partial charge is 0.272 e. The number of aryl methyl sites for hydroxylation is 2. The van der Waals surface area contributed by atoms with Gasteiger partial charge in [-0.2, -0.15) is 5.10 Å². The Bertz CT molecular complexity index is 927. The molecule has 0 saturated heterocycles. The van der Waals surface area contributed by atoms with Crippen LogP contribution in [0.1, 0.15) is 34.1 Å². The van der Waals surface area contributed by atoms with Gasteiger partial charge in [0.25, 0.3) is 5.91 Å². The van der Waals surface area contributed by atoms with Crippen LogP contribution in [0.2, 0.25) is 0 Å². The minimum Gasteiger partial charge on any atom is -0.267 e. The Morgan fingerprint density at radius 3 is 2.50 bits per heavy atom. The van der Waals surface area contributed by atoms with Gasteiger partial charge >= 0.3 is 0 Å². The number of amides is 1. The van der Waals surface area contributed by atoms with Gasteiger partial charge in [-0.1, -0.05) is 48.0 Å². The van der Waals surface area contributed by atoms with Crippen molar-refractivity contribution >= 4 is 22.5 Å². The van der Waals surface area contributed by atoms with Gasteiger partial charge in [0.1, 0.15) is 0 Å². The van der Waals surface area contributed by atoms with Crippen molar-refractivity contribution in [3.8, 4) is 0 Å². The van der Waals surface area contributed by atoms with Gasteiger partial charge in [-0.05, 0) is 38.5 Å². The predicted octanol–water partition coefficient (Wildman–Crippen LogP) is 4.01. The van der Waals surface area contributed by atoms with Crippen molar-refractivity contribution in [3.63, 3.8) is 0 Å². The van der Waals surface area contributed by atoms with Crippen molar-refractivity contribution in [1.29, 1.82) is 0 Å². The van der Waals surface area contributed by atoms with E-state index in [1.54, 1.807) is 6.07 Å². The zero-order valence-corrected chi connectivity index (χ0v) is 14.0. The molecule has 0 saturated carbocycles. The molecule has 0 spiro atoms. The molecule has 2 aromatic carbocycles. The zero-order chi connectivity index (χ0) is 17.1. The van der Waals surface area contributed by atoms with Crippen LogP contribution in [0.3, 0.4) is 0 Å². The van der Waals surface area contributed by atoms with Gasteiger partial charge in [0, 0.05) is 11.1 Å². The van der Waals surface area contributed by atoms with Crippen molar-refractivity contribution in [1.82, 2.24) is 10.4 Å². The highest BCUT2D eigenvalue weighted by molar-refractivity contribution is 6.07. The summed E-state index contributed by atoms with van der Waals surface area (Å²) in [4.78, 5) is 17.0. The fraction of sp³-hybridized carbons (Fsp3) is 0.150. The molecule has 0 unspecified atom stereocenters. The number of nitrogens with zero attached hydrogens (tertiary/aromatic N) is 2. The molecule has 1 amide bonds. The molecule has 24 heavy (non-hydrogen) atoms. The van der Waals surface area contributed by atoms with Crippen molar-refractivity contribution in [3.05, 3.63) is 77.0 Å². The normalized spacial score (nSPS) is 11.5. The van der Waals surface area contributed by atoms with Gasteiger partial charge in [0.15, 0.2) is 0 Å². The summed E-state index contributed by atoms with van der Waals surface area (Å²) in [5, 5.41) is 5.06. The van der Waals surface area contributed by atoms with Gasteiger partial charge in [0.05, 0.1) is 16.8 Å². The third-order valence-corrected chi connectivity index (χ3v) is 3.88. The van der Waals surface area contributed by atoms with Gasteiger partial charge in [-0.3, -0.25) is 9.78 Å². The van der Waals surface area contributed by atoms with E-state index in [2.05, 4.69) is 15.5 Å². The molecule has 120 valence electrons. The van der Waals surface area contributed by atoms with E-state index in [4.69, 9.17) is 0 Å². The number of fused-ring (bicyclic) bond motifs is 1. The Morgan fingerprint density at radius 2 is 1.75 bits per heavy atom. The molecule has 1 N–H and O–H groups in total. The van der Waals surface area contributed by atoms with E-state index in [0.29, 0.717) is 5.56 Å². The Balaban J connectivity index is 1.87. The average Bonchev–Trinajstić information content (AvgIpc) is 2.59. The molecule has 0 fully saturated rings. The lowest BCUT2D eigenvalue weighted by atomic mass is 10.1. The molecule has 0 bridgehead atoms.